The minimum absolute atomic E-state index is 0.143. The smallest absolute Gasteiger partial charge is 0.158 e. The van der Waals surface area contributed by atoms with Crippen molar-refractivity contribution in [1.29, 1.82) is 0 Å². The van der Waals surface area contributed by atoms with Crippen LogP contribution in [0.2, 0.25) is 0 Å². The van der Waals surface area contributed by atoms with Crippen LogP contribution in [0.1, 0.15) is 39.0 Å². The molecule has 0 amide bonds. The summed E-state index contributed by atoms with van der Waals surface area (Å²) in [6.45, 7) is 2.81. The number of carbonyl (C=O) groups is 1. The second kappa shape index (κ2) is 6.11. The van der Waals surface area contributed by atoms with Crippen molar-refractivity contribution >= 4 is 6.29 Å². The van der Waals surface area contributed by atoms with Crippen molar-refractivity contribution < 1.29 is 14.3 Å². The summed E-state index contributed by atoms with van der Waals surface area (Å²) in [4.78, 5) is 10.6. The maximum atomic E-state index is 10.6. The van der Waals surface area contributed by atoms with Gasteiger partial charge in [0.05, 0.1) is 0 Å². The molecule has 0 saturated carbocycles. The molecule has 1 saturated heterocycles. The molecule has 1 rings (SSSR count). The van der Waals surface area contributed by atoms with Crippen molar-refractivity contribution in [2.45, 2.75) is 51.4 Å². The predicted octanol–water partition coefficient (Wildman–Crippen LogP) is 1.90. The first-order chi connectivity index (χ1) is 6.36. The van der Waals surface area contributed by atoms with E-state index in [9.17, 15) is 4.79 Å². The van der Waals surface area contributed by atoms with Crippen molar-refractivity contribution in [2.24, 2.45) is 0 Å². The summed E-state index contributed by atoms with van der Waals surface area (Å²) >= 11 is 0. The van der Waals surface area contributed by atoms with Crippen molar-refractivity contribution in [3.63, 3.8) is 0 Å². The lowest BCUT2D eigenvalue weighted by Gasteiger charge is -2.25. The molecule has 1 aliphatic heterocycles. The van der Waals surface area contributed by atoms with E-state index in [0.717, 1.165) is 45.0 Å². The largest absolute Gasteiger partial charge is 0.353 e. The number of rotatable bonds is 5. The third-order valence-electron chi connectivity index (χ3n) is 2.19. The van der Waals surface area contributed by atoms with Gasteiger partial charge in [0.1, 0.15) is 12.4 Å². The zero-order valence-electron chi connectivity index (χ0n) is 8.20. The molecule has 0 N–H and O–H groups in total. The van der Waals surface area contributed by atoms with E-state index in [1.54, 1.807) is 0 Å². The van der Waals surface area contributed by atoms with Gasteiger partial charge in [-0.1, -0.05) is 13.3 Å². The molecule has 0 aromatic heterocycles. The molecule has 0 spiro atoms. The van der Waals surface area contributed by atoms with E-state index in [-0.39, 0.29) is 12.4 Å². The lowest BCUT2D eigenvalue weighted by atomic mass is 10.2. The summed E-state index contributed by atoms with van der Waals surface area (Å²) in [5.41, 5.74) is 0. The van der Waals surface area contributed by atoms with Gasteiger partial charge in [-0.25, -0.2) is 0 Å². The van der Waals surface area contributed by atoms with E-state index in [1.165, 1.54) is 0 Å². The first-order valence-corrected chi connectivity index (χ1v) is 5.09. The van der Waals surface area contributed by atoms with Crippen LogP contribution in [0.4, 0.5) is 0 Å². The van der Waals surface area contributed by atoms with E-state index >= 15 is 0 Å². The highest BCUT2D eigenvalue weighted by Gasteiger charge is 2.18. The Bertz CT molecular complexity index is 141. The Morgan fingerprint density at radius 2 is 2.46 bits per heavy atom. The highest BCUT2D eigenvalue weighted by Crippen LogP contribution is 2.16. The normalized spacial score (nSPS) is 25.5. The summed E-state index contributed by atoms with van der Waals surface area (Å²) in [5, 5.41) is 0. The van der Waals surface area contributed by atoms with Gasteiger partial charge >= 0.3 is 0 Å². The van der Waals surface area contributed by atoms with Gasteiger partial charge in [0, 0.05) is 6.61 Å². The molecule has 3 heteroatoms. The maximum Gasteiger partial charge on any atom is 0.158 e. The van der Waals surface area contributed by atoms with Gasteiger partial charge in [0.25, 0.3) is 0 Å². The second-order valence-electron chi connectivity index (χ2n) is 3.40. The Hall–Kier alpha value is -0.410. The summed E-state index contributed by atoms with van der Waals surface area (Å²) < 4.78 is 10.9. The summed E-state index contributed by atoms with van der Waals surface area (Å²) in [5.74, 6) is 0. The highest BCUT2D eigenvalue weighted by molar-refractivity contribution is 5.55. The SMILES string of the molecule is CCCC(C=O)OC1CCCCO1. The zero-order chi connectivity index (χ0) is 9.52. The fourth-order valence-corrected chi connectivity index (χ4v) is 1.47. The first kappa shape index (κ1) is 10.7. The Morgan fingerprint density at radius 3 is 3.00 bits per heavy atom. The molecule has 0 aromatic carbocycles. The molecular weight excluding hydrogens is 168 g/mol. The number of ether oxygens (including phenoxy) is 2. The van der Waals surface area contributed by atoms with Gasteiger partial charge < -0.3 is 14.3 Å². The maximum absolute atomic E-state index is 10.6. The van der Waals surface area contributed by atoms with E-state index in [1.807, 2.05) is 6.92 Å². The van der Waals surface area contributed by atoms with E-state index in [2.05, 4.69) is 0 Å². The number of hydrogen-bond acceptors (Lipinski definition) is 3. The van der Waals surface area contributed by atoms with Gasteiger partial charge in [0.15, 0.2) is 6.29 Å². The standard InChI is InChI=1S/C10H18O3/c1-2-5-9(8-11)13-10-6-3-4-7-12-10/h8-10H,2-7H2,1H3. The zero-order valence-corrected chi connectivity index (χ0v) is 8.20. The predicted molar refractivity (Wildman–Crippen MR) is 49.4 cm³/mol. The molecule has 1 aliphatic rings. The van der Waals surface area contributed by atoms with Crippen molar-refractivity contribution in [2.75, 3.05) is 6.61 Å². The van der Waals surface area contributed by atoms with Crippen molar-refractivity contribution in [3.8, 4) is 0 Å². The van der Waals surface area contributed by atoms with E-state index < -0.39 is 0 Å². The van der Waals surface area contributed by atoms with Crippen LogP contribution in [-0.4, -0.2) is 25.3 Å². The Morgan fingerprint density at radius 1 is 1.62 bits per heavy atom. The third kappa shape index (κ3) is 3.87. The first-order valence-electron chi connectivity index (χ1n) is 5.09. The van der Waals surface area contributed by atoms with Crippen LogP contribution >= 0.6 is 0 Å². The van der Waals surface area contributed by atoms with Crippen LogP contribution in [0.25, 0.3) is 0 Å². The fourth-order valence-electron chi connectivity index (χ4n) is 1.47. The van der Waals surface area contributed by atoms with Gasteiger partial charge in [-0.15, -0.1) is 0 Å². The van der Waals surface area contributed by atoms with Gasteiger partial charge in [0.2, 0.25) is 0 Å². The average Bonchev–Trinajstić information content (AvgIpc) is 2.19. The van der Waals surface area contributed by atoms with Crippen molar-refractivity contribution in [3.05, 3.63) is 0 Å². The summed E-state index contributed by atoms with van der Waals surface area (Å²) in [7, 11) is 0. The number of hydrogen-bond donors (Lipinski definition) is 0. The molecule has 0 aliphatic carbocycles. The summed E-state index contributed by atoms with van der Waals surface area (Å²) in [6, 6.07) is 0. The molecule has 0 bridgehead atoms. The second-order valence-corrected chi connectivity index (χ2v) is 3.40. The van der Waals surface area contributed by atoms with Crippen LogP contribution in [-0.2, 0) is 14.3 Å². The molecule has 1 heterocycles. The number of aldehydes is 1. The molecule has 3 nitrogen and oxygen atoms in total. The van der Waals surface area contributed by atoms with Gasteiger partial charge in [-0.05, 0) is 25.7 Å². The summed E-state index contributed by atoms with van der Waals surface area (Å²) in [6.07, 6.45) is 5.40. The molecule has 0 radical (unpaired) electrons. The van der Waals surface area contributed by atoms with Crippen LogP contribution in [0.3, 0.4) is 0 Å². The molecule has 0 aromatic rings. The lowest BCUT2D eigenvalue weighted by molar-refractivity contribution is -0.187. The molecule has 2 unspecified atom stereocenters. The van der Waals surface area contributed by atoms with Gasteiger partial charge in [-0.2, -0.15) is 0 Å². The molecular formula is C10H18O3. The fraction of sp³-hybridized carbons (Fsp3) is 0.900. The highest BCUT2D eigenvalue weighted by atomic mass is 16.7. The lowest BCUT2D eigenvalue weighted by Crippen LogP contribution is -2.28. The molecule has 1 fully saturated rings. The van der Waals surface area contributed by atoms with Crippen molar-refractivity contribution in [1.82, 2.24) is 0 Å². The average molecular weight is 186 g/mol. The minimum Gasteiger partial charge on any atom is -0.353 e. The Kier molecular flexibility index (Phi) is 5.01. The minimum atomic E-state index is -0.270. The number of carbonyl (C=O) groups excluding carboxylic acids is 1. The third-order valence-corrected chi connectivity index (χ3v) is 2.19. The van der Waals surface area contributed by atoms with Crippen LogP contribution < -0.4 is 0 Å². The monoisotopic (exact) mass is 186 g/mol. The van der Waals surface area contributed by atoms with Crippen LogP contribution in [0.15, 0.2) is 0 Å². The van der Waals surface area contributed by atoms with Crippen LogP contribution in [0.5, 0.6) is 0 Å². The van der Waals surface area contributed by atoms with E-state index in [0.29, 0.717) is 0 Å². The molecule has 13 heavy (non-hydrogen) atoms. The molecule has 2 atom stereocenters. The Balaban J connectivity index is 2.22. The quantitative estimate of drug-likeness (QED) is 0.615. The Labute approximate surface area is 79.4 Å². The van der Waals surface area contributed by atoms with Gasteiger partial charge in [-0.3, -0.25) is 0 Å². The van der Waals surface area contributed by atoms with E-state index in [4.69, 9.17) is 9.47 Å². The topological polar surface area (TPSA) is 35.5 Å². The van der Waals surface area contributed by atoms with Crippen LogP contribution in [0, 0.1) is 0 Å². The molecule has 76 valence electrons.